The van der Waals surface area contributed by atoms with Gasteiger partial charge in [-0.1, -0.05) is 32.9 Å². The molecule has 106 valence electrons. The molecule has 1 N–H and O–H groups in total. The molecule has 0 unspecified atom stereocenters. The van der Waals surface area contributed by atoms with Gasteiger partial charge in [0.1, 0.15) is 5.82 Å². The summed E-state index contributed by atoms with van der Waals surface area (Å²) in [6.45, 7) is 10.8. The average Bonchev–Trinajstić information content (AvgIpc) is 2.73. The van der Waals surface area contributed by atoms with Crippen LogP contribution in [0, 0.1) is 6.92 Å². The van der Waals surface area contributed by atoms with E-state index < -0.39 is 0 Å². The zero-order chi connectivity index (χ0) is 14.3. The van der Waals surface area contributed by atoms with Gasteiger partial charge in [0.15, 0.2) is 0 Å². The molecule has 0 saturated carbocycles. The molecule has 2 aromatic rings. The highest BCUT2D eigenvalue weighted by molar-refractivity contribution is 5.41. The van der Waals surface area contributed by atoms with Crippen LogP contribution in [-0.4, -0.2) is 16.1 Å². The maximum atomic E-state index is 4.70. The standard InChI is InChI=1S/C17H23N3/c1-12-19-15-11-18-10-9-16(15)20(12)14-7-5-13(6-8-14)17(2,3)4/h5-8,18H,9-11H2,1-4H3. The molecule has 1 aliphatic heterocycles. The van der Waals surface area contributed by atoms with Crippen LogP contribution in [0.1, 0.15) is 43.5 Å². The van der Waals surface area contributed by atoms with Gasteiger partial charge in [-0.2, -0.15) is 0 Å². The van der Waals surface area contributed by atoms with Crippen molar-refractivity contribution < 1.29 is 0 Å². The van der Waals surface area contributed by atoms with Crippen molar-refractivity contribution in [2.45, 2.75) is 46.1 Å². The monoisotopic (exact) mass is 269 g/mol. The van der Waals surface area contributed by atoms with Crippen LogP contribution in [0.4, 0.5) is 0 Å². The highest BCUT2D eigenvalue weighted by Crippen LogP contribution is 2.25. The van der Waals surface area contributed by atoms with Crippen LogP contribution < -0.4 is 5.32 Å². The van der Waals surface area contributed by atoms with E-state index in [4.69, 9.17) is 4.98 Å². The van der Waals surface area contributed by atoms with Crippen LogP contribution in [-0.2, 0) is 18.4 Å². The zero-order valence-corrected chi connectivity index (χ0v) is 12.8. The van der Waals surface area contributed by atoms with E-state index in [-0.39, 0.29) is 5.41 Å². The first-order chi connectivity index (χ1) is 9.47. The molecule has 0 aliphatic carbocycles. The second-order valence-electron chi connectivity index (χ2n) is 6.61. The molecule has 1 aromatic heterocycles. The Hall–Kier alpha value is -1.61. The predicted octanol–water partition coefficient (Wildman–Crippen LogP) is 3.12. The third-order valence-corrected chi connectivity index (χ3v) is 4.05. The molecule has 0 spiro atoms. The summed E-state index contributed by atoms with van der Waals surface area (Å²) in [7, 11) is 0. The van der Waals surface area contributed by atoms with E-state index >= 15 is 0 Å². The summed E-state index contributed by atoms with van der Waals surface area (Å²) in [6.07, 6.45) is 1.05. The smallest absolute Gasteiger partial charge is 0.110 e. The number of hydrogen-bond acceptors (Lipinski definition) is 2. The maximum absolute atomic E-state index is 4.70. The van der Waals surface area contributed by atoms with Crippen LogP contribution in [0.5, 0.6) is 0 Å². The van der Waals surface area contributed by atoms with Crippen molar-refractivity contribution in [1.82, 2.24) is 14.9 Å². The van der Waals surface area contributed by atoms with Gasteiger partial charge in [-0.05, 0) is 30.0 Å². The Morgan fingerprint density at radius 2 is 1.85 bits per heavy atom. The molecule has 3 nitrogen and oxygen atoms in total. The fourth-order valence-electron chi connectivity index (χ4n) is 2.90. The minimum absolute atomic E-state index is 0.200. The summed E-state index contributed by atoms with van der Waals surface area (Å²) < 4.78 is 2.31. The van der Waals surface area contributed by atoms with Gasteiger partial charge in [-0.25, -0.2) is 4.98 Å². The first kappa shape index (κ1) is 13.4. The van der Waals surface area contributed by atoms with Crippen molar-refractivity contribution in [3.05, 3.63) is 47.0 Å². The number of nitrogens with one attached hydrogen (secondary N) is 1. The average molecular weight is 269 g/mol. The summed E-state index contributed by atoms with van der Waals surface area (Å²) in [5, 5.41) is 3.39. The molecule has 0 radical (unpaired) electrons. The number of hydrogen-bond donors (Lipinski definition) is 1. The Balaban J connectivity index is 2.03. The van der Waals surface area contributed by atoms with Gasteiger partial charge < -0.3 is 9.88 Å². The molecule has 3 rings (SSSR count). The number of benzene rings is 1. The predicted molar refractivity (Wildman–Crippen MR) is 82.4 cm³/mol. The molecule has 1 aliphatic rings. The normalized spacial score (nSPS) is 15.2. The molecule has 2 heterocycles. The van der Waals surface area contributed by atoms with Crippen LogP contribution >= 0.6 is 0 Å². The summed E-state index contributed by atoms with van der Waals surface area (Å²) in [5.74, 6) is 1.09. The molecule has 0 saturated heterocycles. The second kappa shape index (κ2) is 4.74. The van der Waals surface area contributed by atoms with Crippen LogP contribution in [0.2, 0.25) is 0 Å². The second-order valence-corrected chi connectivity index (χ2v) is 6.61. The quantitative estimate of drug-likeness (QED) is 0.862. The minimum atomic E-state index is 0.200. The topological polar surface area (TPSA) is 29.9 Å². The maximum Gasteiger partial charge on any atom is 0.110 e. The lowest BCUT2D eigenvalue weighted by Crippen LogP contribution is -2.24. The third kappa shape index (κ3) is 2.27. The largest absolute Gasteiger partial charge is 0.311 e. The molecule has 0 bridgehead atoms. The third-order valence-electron chi connectivity index (χ3n) is 4.05. The van der Waals surface area contributed by atoms with Gasteiger partial charge in [0.25, 0.3) is 0 Å². The van der Waals surface area contributed by atoms with Crippen molar-refractivity contribution in [1.29, 1.82) is 0 Å². The first-order valence-corrected chi connectivity index (χ1v) is 7.35. The van der Waals surface area contributed by atoms with Crippen molar-refractivity contribution in [3.8, 4) is 5.69 Å². The molecular weight excluding hydrogens is 246 g/mol. The number of fused-ring (bicyclic) bond motifs is 1. The molecule has 3 heteroatoms. The Morgan fingerprint density at radius 1 is 1.15 bits per heavy atom. The zero-order valence-electron chi connectivity index (χ0n) is 12.8. The molecule has 0 atom stereocenters. The number of nitrogens with zero attached hydrogens (tertiary/aromatic N) is 2. The highest BCUT2D eigenvalue weighted by atomic mass is 15.1. The van der Waals surface area contributed by atoms with Crippen molar-refractivity contribution in [2.75, 3.05) is 6.54 Å². The van der Waals surface area contributed by atoms with Gasteiger partial charge in [0.2, 0.25) is 0 Å². The van der Waals surface area contributed by atoms with E-state index in [0.29, 0.717) is 0 Å². The Bertz CT molecular complexity index is 615. The van der Waals surface area contributed by atoms with E-state index in [1.165, 1.54) is 22.6 Å². The summed E-state index contributed by atoms with van der Waals surface area (Å²) >= 11 is 0. The van der Waals surface area contributed by atoms with Crippen LogP contribution in [0.25, 0.3) is 5.69 Å². The van der Waals surface area contributed by atoms with Crippen LogP contribution in [0.3, 0.4) is 0 Å². The van der Waals surface area contributed by atoms with E-state index in [0.717, 1.165) is 25.3 Å². The van der Waals surface area contributed by atoms with E-state index in [1.54, 1.807) is 0 Å². The summed E-state index contributed by atoms with van der Waals surface area (Å²) in [5.41, 5.74) is 5.37. The fraction of sp³-hybridized carbons (Fsp3) is 0.471. The molecule has 20 heavy (non-hydrogen) atoms. The van der Waals surface area contributed by atoms with Gasteiger partial charge in [-0.15, -0.1) is 0 Å². The molecule has 1 aromatic carbocycles. The number of rotatable bonds is 1. The molecular formula is C17H23N3. The summed E-state index contributed by atoms with van der Waals surface area (Å²) in [4.78, 5) is 4.70. The number of aryl methyl sites for hydroxylation is 1. The first-order valence-electron chi connectivity index (χ1n) is 7.35. The number of aromatic nitrogens is 2. The SMILES string of the molecule is Cc1nc2c(n1-c1ccc(C(C)(C)C)cc1)CCNC2. The van der Waals surface area contributed by atoms with Gasteiger partial charge in [0.05, 0.1) is 5.69 Å². The lowest BCUT2D eigenvalue weighted by Gasteiger charge is -2.20. The summed E-state index contributed by atoms with van der Waals surface area (Å²) in [6, 6.07) is 8.92. The van der Waals surface area contributed by atoms with Crippen molar-refractivity contribution in [3.63, 3.8) is 0 Å². The molecule has 0 fully saturated rings. The fourth-order valence-corrected chi connectivity index (χ4v) is 2.90. The Morgan fingerprint density at radius 3 is 2.50 bits per heavy atom. The van der Waals surface area contributed by atoms with E-state index in [9.17, 15) is 0 Å². The van der Waals surface area contributed by atoms with Crippen molar-refractivity contribution >= 4 is 0 Å². The van der Waals surface area contributed by atoms with Gasteiger partial charge in [0, 0.05) is 30.9 Å². The van der Waals surface area contributed by atoms with Gasteiger partial charge >= 0.3 is 0 Å². The number of imidazole rings is 1. The highest BCUT2D eigenvalue weighted by Gasteiger charge is 2.19. The van der Waals surface area contributed by atoms with Gasteiger partial charge in [-0.3, -0.25) is 0 Å². The lowest BCUT2D eigenvalue weighted by molar-refractivity contribution is 0.590. The van der Waals surface area contributed by atoms with E-state index in [1.807, 2.05) is 0 Å². The van der Waals surface area contributed by atoms with Crippen molar-refractivity contribution in [2.24, 2.45) is 0 Å². The minimum Gasteiger partial charge on any atom is -0.311 e. The molecule has 0 amide bonds. The Kier molecular flexibility index (Phi) is 3.17. The Labute approximate surface area is 121 Å². The lowest BCUT2D eigenvalue weighted by atomic mass is 9.87. The van der Waals surface area contributed by atoms with Crippen LogP contribution in [0.15, 0.2) is 24.3 Å². The van der Waals surface area contributed by atoms with E-state index in [2.05, 4.69) is 61.8 Å².